The van der Waals surface area contributed by atoms with E-state index in [0.717, 1.165) is 29.0 Å². The summed E-state index contributed by atoms with van der Waals surface area (Å²) in [4.78, 5) is 11.9. The molecule has 0 spiro atoms. The average Bonchev–Trinajstić information content (AvgIpc) is 2.52. The number of methoxy groups -OCH3 is 1. The van der Waals surface area contributed by atoms with Gasteiger partial charge in [-0.05, 0) is 54.5 Å². The van der Waals surface area contributed by atoms with Crippen molar-refractivity contribution in [1.29, 1.82) is 0 Å². The second-order valence-electron chi connectivity index (χ2n) is 5.13. The number of halogens is 3. The number of alkyl halides is 3. The Morgan fingerprint density at radius 3 is 2.54 bits per heavy atom. The van der Waals surface area contributed by atoms with Crippen LogP contribution in [-0.4, -0.2) is 13.0 Å². The number of nitrogens with one attached hydrogen (secondary N) is 1. The fourth-order valence-corrected chi connectivity index (χ4v) is 2.13. The predicted octanol–water partition coefficient (Wildman–Crippen LogP) is 4.67. The Morgan fingerprint density at radius 1 is 1.17 bits per heavy atom. The molecule has 2 rings (SSSR count). The van der Waals surface area contributed by atoms with Crippen LogP contribution in [0.2, 0.25) is 0 Å². The first-order valence-corrected chi connectivity index (χ1v) is 7.10. The van der Waals surface area contributed by atoms with E-state index in [1.54, 1.807) is 25.3 Å². The molecule has 0 aliphatic heterocycles. The van der Waals surface area contributed by atoms with Crippen molar-refractivity contribution in [1.82, 2.24) is 0 Å². The summed E-state index contributed by atoms with van der Waals surface area (Å²) in [6.45, 7) is 1.87. The molecule has 2 aromatic rings. The van der Waals surface area contributed by atoms with Gasteiger partial charge in [0.1, 0.15) is 5.75 Å². The Labute approximate surface area is 137 Å². The van der Waals surface area contributed by atoms with Crippen LogP contribution in [0.5, 0.6) is 5.75 Å². The van der Waals surface area contributed by atoms with Crippen LogP contribution < -0.4 is 10.1 Å². The van der Waals surface area contributed by atoms with Crippen molar-refractivity contribution in [3.63, 3.8) is 0 Å². The van der Waals surface area contributed by atoms with Gasteiger partial charge in [-0.15, -0.1) is 0 Å². The molecule has 0 unspecified atom stereocenters. The second kappa shape index (κ2) is 7.21. The van der Waals surface area contributed by atoms with Gasteiger partial charge in [0.15, 0.2) is 0 Å². The third-order valence-electron chi connectivity index (χ3n) is 3.30. The van der Waals surface area contributed by atoms with Gasteiger partial charge in [0.05, 0.1) is 12.7 Å². The Hall–Kier alpha value is -2.76. The monoisotopic (exact) mass is 335 g/mol. The van der Waals surface area contributed by atoms with Gasteiger partial charge in [-0.25, -0.2) is 0 Å². The first-order valence-electron chi connectivity index (χ1n) is 7.10. The Balaban J connectivity index is 2.07. The summed E-state index contributed by atoms with van der Waals surface area (Å²) in [7, 11) is 1.57. The summed E-state index contributed by atoms with van der Waals surface area (Å²) >= 11 is 0. The third kappa shape index (κ3) is 4.62. The van der Waals surface area contributed by atoms with E-state index in [1.165, 1.54) is 18.2 Å². The molecular weight excluding hydrogens is 319 g/mol. The number of ether oxygens (including phenoxy) is 1. The van der Waals surface area contributed by atoms with E-state index < -0.39 is 17.6 Å². The molecule has 1 N–H and O–H groups in total. The Morgan fingerprint density at radius 2 is 1.92 bits per heavy atom. The fraction of sp³-hybridized carbons (Fsp3) is 0.167. The molecule has 2 aromatic carbocycles. The zero-order valence-corrected chi connectivity index (χ0v) is 13.1. The standard InChI is InChI=1S/C18H16F3NO2/c1-12-10-13(6-8-16(12)24-2)7-9-17(23)22-15-5-3-4-14(11-15)18(19,20)21/h3-11H,1-2H3,(H,22,23)/b9-7+. The predicted molar refractivity (Wildman–Crippen MR) is 86.8 cm³/mol. The molecule has 0 heterocycles. The molecule has 3 nitrogen and oxygen atoms in total. The van der Waals surface area contributed by atoms with Crippen LogP contribution in [0.4, 0.5) is 18.9 Å². The summed E-state index contributed by atoms with van der Waals surface area (Å²) in [6.07, 6.45) is -1.60. The van der Waals surface area contributed by atoms with Crippen LogP contribution >= 0.6 is 0 Å². The minimum Gasteiger partial charge on any atom is -0.496 e. The van der Waals surface area contributed by atoms with Crippen molar-refractivity contribution in [2.45, 2.75) is 13.1 Å². The van der Waals surface area contributed by atoms with Crippen LogP contribution in [0, 0.1) is 6.92 Å². The molecule has 0 saturated heterocycles. The average molecular weight is 335 g/mol. The smallest absolute Gasteiger partial charge is 0.416 e. The number of anilines is 1. The molecular formula is C18H16F3NO2. The SMILES string of the molecule is COc1ccc(/C=C/C(=O)Nc2cccc(C(F)(F)F)c2)cc1C. The Bertz CT molecular complexity index is 767. The number of rotatable bonds is 4. The number of hydrogen-bond donors (Lipinski definition) is 1. The van der Waals surface area contributed by atoms with Gasteiger partial charge in [-0.2, -0.15) is 13.2 Å². The molecule has 6 heteroatoms. The minimum absolute atomic E-state index is 0.0883. The molecule has 126 valence electrons. The van der Waals surface area contributed by atoms with Gasteiger partial charge in [0.25, 0.3) is 0 Å². The van der Waals surface area contributed by atoms with Crippen molar-refractivity contribution < 1.29 is 22.7 Å². The van der Waals surface area contributed by atoms with Crippen molar-refractivity contribution >= 4 is 17.7 Å². The highest BCUT2D eigenvalue weighted by atomic mass is 19.4. The van der Waals surface area contributed by atoms with Crippen molar-refractivity contribution in [3.05, 3.63) is 65.2 Å². The summed E-state index contributed by atoms with van der Waals surface area (Å²) in [5, 5.41) is 2.41. The quantitative estimate of drug-likeness (QED) is 0.824. The van der Waals surface area contributed by atoms with Crippen molar-refractivity contribution in [2.24, 2.45) is 0 Å². The van der Waals surface area contributed by atoms with Crippen LogP contribution in [0.15, 0.2) is 48.5 Å². The lowest BCUT2D eigenvalue weighted by atomic mass is 10.1. The van der Waals surface area contributed by atoms with E-state index in [9.17, 15) is 18.0 Å². The molecule has 0 bridgehead atoms. The minimum atomic E-state index is -4.45. The summed E-state index contributed by atoms with van der Waals surface area (Å²) in [5.41, 5.74) is 0.978. The lowest BCUT2D eigenvalue weighted by molar-refractivity contribution is -0.137. The topological polar surface area (TPSA) is 38.3 Å². The molecule has 0 aromatic heterocycles. The molecule has 0 aliphatic carbocycles. The lowest BCUT2D eigenvalue weighted by Gasteiger charge is -2.08. The van der Waals surface area contributed by atoms with E-state index >= 15 is 0 Å². The first-order chi connectivity index (χ1) is 11.3. The summed E-state index contributed by atoms with van der Waals surface area (Å²) in [6, 6.07) is 9.88. The van der Waals surface area contributed by atoms with Gasteiger partial charge < -0.3 is 10.1 Å². The largest absolute Gasteiger partial charge is 0.496 e. The van der Waals surface area contributed by atoms with Gasteiger partial charge in [-0.3, -0.25) is 4.79 Å². The van der Waals surface area contributed by atoms with E-state index in [1.807, 2.05) is 13.0 Å². The molecule has 0 atom stereocenters. The second-order valence-corrected chi connectivity index (χ2v) is 5.13. The number of hydrogen-bond acceptors (Lipinski definition) is 2. The van der Waals surface area contributed by atoms with Gasteiger partial charge in [0.2, 0.25) is 5.91 Å². The molecule has 0 fully saturated rings. The van der Waals surface area contributed by atoms with Crippen LogP contribution in [0.25, 0.3) is 6.08 Å². The van der Waals surface area contributed by atoms with Crippen LogP contribution in [0.3, 0.4) is 0 Å². The highest BCUT2D eigenvalue weighted by molar-refractivity contribution is 6.02. The molecule has 0 saturated carbocycles. The lowest BCUT2D eigenvalue weighted by Crippen LogP contribution is -2.10. The van der Waals surface area contributed by atoms with Gasteiger partial charge >= 0.3 is 6.18 Å². The zero-order chi connectivity index (χ0) is 17.7. The van der Waals surface area contributed by atoms with E-state index in [4.69, 9.17) is 4.74 Å². The number of aryl methyl sites for hydroxylation is 1. The molecule has 24 heavy (non-hydrogen) atoms. The fourth-order valence-electron chi connectivity index (χ4n) is 2.13. The van der Waals surface area contributed by atoms with Gasteiger partial charge in [0, 0.05) is 11.8 Å². The summed E-state index contributed by atoms with van der Waals surface area (Å²) < 4.78 is 43.1. The van der Waals surface area contributed by atoms with E-state index in [-0.39, 0.29) is 5.69 Å². The molecule has 0 radical (unpaired) electrons. The maximum Gasteiger partial charge on any atom is 0.416 e. The molecule has 0 aliphatic rings. The van der Waals surface area contributed by atoms with Gasteiger partial charge in [-0.1, -0.05) is 12.1 Å². The number of carbonyl (C=O) groups is 1. The number of benzene rings is 2. The third-order valence-corrected chi connectivity index (χ3v) is 3.30. The molecule has 1 amide bonds. The number of amides is 1. The van der Waals surface area contributed by atoms with E-state index in [2.05, 4.69) is 5.32 Å². The summed E-state index contributed by atoms with van der Waals surface area (Å²) in [5.74, 6) is 0.225. The maximum atomic E-state index is 12.6. The van der Waals surface area contributed by atoms with E-state index in [0.29, 0.717) is 0 Å². The van der Waals surface area contributed by atoms with Crippen molar-refractivity contribution in [3.8, 4) is 5.75 Å². The van der Waals surface area contributed by atoms with Crippen LogP contribution in [-0.2, 0) is 11.0 Å². The first kappa shape index (κ1) is 17.6. The highest BCUT2D eigenvalue weighted by Gasteiger charge is 2.30. The van der Waals surface area contributed by atoms with Crippen molar-refractivity contribution in [2.75, 3.05) is 12.4 Å². The van der Waals surface area contributed by atoms with Crippen LogP contribution in [0.1, 0.15) is 16.7 Å². The maximum absolute atomic E-state index is 12.6. The number of carbonyl (C=O) groups excluding carboxylic acids is 1. The normalized spacial score (nSPS) is 11.5. The zero-order valence-electron chi connectivity index (χ0n) is 13.1. The Kier molecular flexibility index (Phi) is 5.28. The highest BCUT2D eigenvalue weighted by Crippen LogP contribution is 2.30.